The number of nitrogens with zero attached hydrogens (tertiary/aromatic N) is 1. The minimum atomic E-state index is 0.546. The molecule has 0 aliphatic rings. The first-order valence-corrected chi connectivity index (χ1v) is 3.89. The van der Waals surface area contributed by atoms with Gasteiger partial charge in [-0.25, -0.2) is 0 Å². The van der Waals surface area contributed by atoms with E-state index in [0.717, 1.165) is 5.56 Å². The summed E-state index contributed by atoms with van der Waals surface area (Å²) in [5.74, 6) is 0. The Labute approximate surface area is 74.2 Å². The second-order valence-electron chi connectivity index (χ2n) is 2.10. The van der Waals surface area contributed by atoms with Crippen LogP contribution >= 0.6 is 16.1 Å². The molecule has 1 aromatic carbocycles. The molecule has 0 spiro atoms. The summed E-state index contributed by atoms with van der Waals surface area (Å²) in [6.45, 7) is 0.546. The molecule has 57 valence electrons. The van der Waals surface area contributed by atoms with Gasteiger partial charge in [0.25, 0.3) is 0 Å². The van der Waals surface area contributed by atoms with Crippen LogP contribution in [-0.4, -0.2) is 10.3 Å². The van der Waals surface area contributed by atoms with Crippen LogP contribution in [0.4, 0.5) is 0 Å². The van der Waals surface area contributed by atoms with E-state index in [2.05, 4.69) is 16.1 Å². The lowest BCUT2D eigenvalue weighted by molar-refractivity contribution is 0.507. The van der Waals surface area contributed by atoms with Gasteiger partial charge in [-0.2, -0.15) is 0 Å². The molecule has 0 saturated heterocycles. The SMILES string of the molecule is O=[C]N(Br)Cc1ccccc1. The molecule has 11 heavy (non-hydrogen) atoms. The molecule has 0 saturated carbocycles. The number of hydrogen-bond acceptors (Lipinski definition) is 1. The smallest absolute Gasteiger partial charge is 0.266 e. The van der Waals surface area contributed by atoms with Crippen LogP contribution in [-0.2, 0) is 11.3 Å². The molecule has 1 radical (unpaired) electrons. The van der Waals surface area contributed by atoms with Crippen LogP contribution in [0.5, 0.6) is 0 Å². The van der Waals surface area contributed by atoms with Crippen LogP contribution in [0.2, 0.25) is 0 Å². The van der Waals surface area contributed by atoms with Gasteiger partial charge in [-0.1, -0.05) is 30.3 Å². The third kappa shape index (κ3) is 2.72. The highest BCUT2D eigenvalue weighted by atomic mass is 79.9. The number of rotatable bonds is 3. The summed E-state index contributed by atoms with van der Waals surface area (Å²) in [6, 6.07) is 9.70. The predicted octanol–water partition coefficient (Wildman–Crippen LogP) is 1.87. The molecule has 0 N–H and O–H groups in total. The van der Waals surface area contributed by atoms with E-state index >= 15 is 0 Å². The van der Waals surface area contributed by atoms with Crippen molar-refractivity contribution >= 4 is 22.6 Å². The minimum absolute atomic E-state index is 0.546. The van der Waals surface area contributed by atoms with E-state index in [4.69, 9.17) is 0 Å². The van der Waals surface area contributed by atoms with Crippen LogP contribution < -0.4 is 0 Å². The van der Waals surface area contributed by atoms with Crippen LogP contribution in [0.15, 0.2) is 30.3 Å². The molecule has 0 bridgehead atoms. The zero-order valence-electron chi connectivity index (χ0n) is 5.83. The highest BCUT2D eigenvalue weighted by molar-refractivity contribution is 9.07. The van der Waals surface area contributed by atoms with Gasteiger partial charge < -0.3 is 0 Å². The quantitative estimate of drug-likeness (QED) is 0.554. The number of halogens is 1. The summed E-state index contributed by atoms with van der Waals surface area (Å²) < 4.78 is 1.29. The standard InChI is InChI=1S/C8H7BrNO/c9-10(7-11)6-8-4-2-1-3-5-8/h1-5H,6H2. The Morgan fingerprint density at radius 1 is 1.36 bits per heavy atom. The van der Waals surface area contributed by atoms with Crippen LogP contribution in [0, 0.1) is 0 Å². The van der Waals surface area contributed by atoms with Crippen molar-refractivity contribution < 1.29 is 4.79 Å². The molecule has 0 aromatic heterocycles. The van der Waals surface area contributed by atoms with Gasteiger partial charge in [0.1, 0.15) is 0 Å². The Bertz CT molecular complexity index is 225. The first-order chi connectivity index (χ1) is 5.33. The van der Waals surface area contributed by atoms with Crippen molar-refractivity contribution in [3.8, 4) is 0 Å². The molecule has 3 heteroatoms. The molecule has 1 rings (SSSR count). The van der Waals surface area contributed by atoms with Crippen molar-refractivity contribution in [3.63, 3.8) is 0 Å². The fourth-order valence-corrected chi connectivity index (χ4v) is 1.07. The van der Waals surface area contributed by atoms with E-state index in [1.807, 2.05) is 30.3 Å². The summed E-state index contributed by atoms with van der Waals surface area (Å²) in [6.07, 6.45) is 1.71. The average Bonchev–Trinajstić information content (AvgIpc) is 2.06. The Kier molecular flexibility index (Phi) is 3.11. The molecule has 0 fully saturated rings. The fourth-order valence-electron chi connectivity index (χ4n) is 0.776. The van der Waals surface area contributed by atoms with E-state index in [-0.39, 0.29) is 0 Å². The largest absolute Gasteiger partial charge is 0.323 e. The minimum Gasteiger partial charge on any atom is -0.266 e. The zero-order valence-corrected chi connectivity index (χ0v) is 7.41. The maximum atomic E-state index is 10.1. The summed E-state index contributed by atoms with van der Waals surface area (Å²) in [7, 11) is 0. The summed E-state index contributed by atoms with van der Waals surface area (Å²) >= 11 is 3.02. The molecule has 0 aliphatic carbocycles. The highest BCUT2D eigenvalue weighted by Gasteiger charge is 1.97. The lowest BCUT2D eigenvalue weighted by Crippen LogP contribution is -2.06. The van der Waals surface area contributed by atoms with Crippen LogP contribution in [0.3, 0.4) is 0 Å². The summed E-state index contributed by atoms with van der Waals surface area (Å²) in [5.41, 5.74) is 1.08. The van der Waals surface area contributed by atoms with Crippen molar-refractivity contribution in [3.05, 3.63) is 35.9 Å². The molecule has 0 unspecified atom stereocenters. The summed E-state index contributed by atoms with van der Waals surface area (Å²) in [5, 5.41) is 0. The van der Waals surface area contributed by atoms with Crippen molar-refractivity contribution in [2.75, 3.05) is 0 Å². The highest BCUT2D eigenvalue weighted by Crippen LogP contribution is 2.04. The number of carbonyl (C=O) groups excluding carboxylic acids is 1. The maximum Gasteiger partial charge on any atom is 0.323 e. The fraction of sp³-hybridized carbons (Fsp3) is 0.125. The third-order valence-electron chi connectivity index (χ3n) is 1.26. The van der Waals surface area contributed by atoms with E-state index in [1.54, 1.807) is 6.41 Å². The van der Waals surface area contributed by atoms with Crippen molar-refractivity contribution in [2.24, 2.45) is 0 Å². The monoisotopic (exact) mass is 212 g/mol. The molecular weight excluding hydrogens is 206 g/mol. The van der Waals surface area contributed by atoms with Crippen molar-refractivity contribution in [2.45, 2.75) is 6.54 Å². The zero-order chi connectivity index (χ0) is 8.10. The van der Waals surface area contributed by atoms with Crippen molar-refractivity contribution in [1.82, 2.24) is 3.93 Å². The van der Waals surface area contributed by atoms with Gasteiger partial charge in [-0.15, -0.1) is 0 Å². The van der Waals surface area contributed by atoms with E-state index in [1.165, 1.54) is 3.93 Å². The molecule has 1 aromatic rings. The second-order valence-corrected chi connectivity index (χ2v) is 2.95. The second kappa shape index (κ2) is 4.13. The van der Waals surface area contributed by atoms with Gasteiger partial charge in [0.2, 0.25) is 0 Å². The normalized spacial score (nSPS) is 9.18. The number of hydrogen-bond donors (Lipinski definition) is 0. The molecule has 0 aliphatic heterocycles. The van der Waals surface area contributed by atoms with Gasteiger partial charge >= 0.3 is 6.41 Å². The van der Waals surface area contributed by atoms with Gasteiger partial charge in [0.15, 0.2) is 0 Å². The molecule has 1 amide bonds. The van der Waals surface area contributed by atoms with Crippen LogP contribution in [0.1, 0.15) is 5.56 Å². The maximum absolute atomic E-state index is 10.1. The van der Waals surface area contributed by atoms with Gasteiger partial charge in [-0.05, 0) is 5.56 Å². The average molecular weight is 213 g/mol. The van der Waals surface area contributed by atoms with E-state index in [9.17, 15) is 4.79 Å². The van der Waals surface area contributed by atoms with E-state index < -0.39 is 0 Å². The molecule has 0 atom stereocenters. The molecule has 2 nitrogen and oxygen atoms in total. The Balaban J connectivity index is 2.57. The van der Waals surface area contributed by atoms with Gasteiger partial charge in [-0.3, -0.25) is 8.72 Å². The van der Waals surface area contributed by atoms with Gasteiger partial charge in [0, 0.05) is 0 Å². The Morgan fingerprint density at radius 3 is 2.55 bits per heavy atom. The van der Waals surface area contributed by atoms with Crippen LogP contribution in [0.25, 0.3) is 0 Å². The predicted molar refractivity (Wildman–Crippen MR) is 46.6 cm³/mol. The van der Waals surface area contributed by atoms with Gasteiger partial charge in [0.05, 0.1) is 22.7 Å². The molecule has 0 heterocycles. The summed E-state index contributed by atoms with van der Waals surface area (Å²) in [4.78, 5) is 10.1. The Hall–Kier alpha value is -0.830. The topological polar surface area (TPSA) is 20.3 Å². The van der Waals surface area contributed by atoms with E-state index in [0.29, 0.717) is 6.54 Å². The lowest BCUT2D eigenvalue weighted by atomic mass is 10.2. The van der Waals surface area contributed by atoms with Crippen molar-refractivity contribution in [1.29, 1.82) is 0 Å². The first-order valence-electron chi connectivity index (χ1n) is 3.18. The lowest BCUT2D eigenvalue weighted by Gasteiger charge is -2.05. The number of amides is 1. The molecular formula is C8H7BrNO. The third-order valence-corrected chi connectivity index (χ3v) is 1.66. The number of benzene rings is 1. The first kappa shape index (κ1) is 8.27. The Morgan fingerprint density at radius 2 is 2.00 bits per heavy atom.